The number of oxazole rings is 2. The molecule has 3 aliphatic heterocycles. The number of rotatable bonds is 2. The van der Waals surface area contributed by atoms with E-state index in [2.05, 4.69) is 25.9 Å². The Bertz CT molecular complexity index is 1540. The zero-order valence-corrected chi connectivity index (χ0v) is 30.5. The summed E-state index contributed by atoms with van der Waals surface area (Å²) in [6, 6.07) is 15.3. The molecule has 7 rings (SSSR count). The van der Waals surface area contributed by atoms with E-state index in [9.17, 15) is 0 Å². The summed E-state index contributed by atoms with van der Waals surface area (Å²) in [7, 11) is -1.49. The predicted molar refractivity (Wildman–Crippen MR) is 184 cm³/mol. The normalized spacial score (nSPS) is 23.3. The Kier molecular flexibility index (Phi) is 9.20. The second kappa shape index (κ2) is 12.1. The van der Waals surface area contributed by atoms with Gasteiger partial charge >= 0.3 is 21.1 Å². The molecule has 3 fully saturated rings. The first-order valence-corrected chi connectivity index (χ1v) is 16.4. The summed E-state index contributed by atoms with van der Waals surface area (Å²) in [4.78, 5) is 9.01. The topological polar surface area (TPSA) is 107 Å². The van der Waals surface area contributed by atoms with Crippen LogP contribution in [0, 0.1) is 0 Å². The molecule has 0 unspecified atom stereocenters. The Hall–Kier alpha value is -2.19. The van der Waals surface area contributed by atoms with Crippen LogP contribution in [0.25, 0.3) is 22.2 Å². The second-order valence-corrected chi connectivity index (χ2v) is 15.5. The summed E-state index contributed by atoms with van der Waals surface area (Å²) in [5.74, 6) is 0.481. The number of nitrogens with zero attached hydrogens (tertiary/aromatic N) is 2. The molecule has 2 aromatic carbocycles. The molecular weight excluding hydrogens is 653 g/mol. The van der Waals surface area contributed by atoms with E-state index in [4.69, 9.17) is 36.8 Å². The summed E-state index contributed by atoms with van der Waals surface area (Å²) in [5, 5.41) is 0. The van der Waals surface area contributed by atoms with Crippen molar-refractivity contribution in [2.75, 3.05) is 0 Å². The molecule has 3 saturated heterocycles. The van der Waals surface area contributed by atoms with Gasteiger partial charge < -0.3 is 36.8 Å². The quantitative estimate of drug-likeness (QED) is 0.204. The average Bonchev–Trinajstić information content (AvgIpc) is 3.68. The molecule has 10 nitrogen and oxygen atoms in total. The fourth-order valence-corrected chi connectivity index (χ4v) is 5.14. The lowest BCUT2D eigenvalue weighted by Crippen LogP contribution is -2.41. The van der Waals surface area contributed by atoms with Gasteiger partial charge in [-0.2, -0.15) is 0 Å². The Morgan fingerprint density at radius 1 is 0.478 bits per heavy atom. The van der Waals surface area contributed by atoms with Crippen LogP contribution in [0.2, 0.25) is 0 Å². The van der Waals surface area contributed by atoms with Crippen LogP contribution in [0.4, 0.5) is 0 Å². The molecule has 0 atom stereocenters. The van der Waals surface area contributed by atoms with Crippen LogP contribution >= 0.6 is 15.9 Å². The zero-order chi connectivity index (χ0) is 33.9. The molecular formula is C32H44B3BrN2O8. The summed E-state index contributed by atoms with van der Waals surface area (Å²) >= 11 is 3.15. The third-order valence-corrected chi connectivity index (χ3v) is 10.1. The SMILES string of the molecule is Brc1nc2ccccc2o1.CC1(C)OB(B2OC(C)(C)C(C)(C)O2)OC1(C)C.CC1(C)OB(c2nc3ccccc3o2)OC1(C)C. The number of hydrogen-bond donors (Lipinski definition) is 0. The molecule has 46 heavy (non-hydrogen) atoms. The highest BCUT2D eigenvalue weighted by atomic mass is 79.9. The number of benzene rings is 2. The standard InChI is InChI=1S/C13H16BNO3.C12H24B2O4.C7H4BrNO/c1-12(2)13(3,4)18-14(17-12)11-15-9-7-5-6-8-10(9)16-11;1-9(2)10(3,4)16-13(15-9)14-17-11(5,6)12(7,8)18-14;8-7-9-5-3-1-2-4-6(5)10-7/h5-8H,1-4H3;1-8H3;1-4H. The van der Waals surface area contributed by atoms with Gasteiger partial charge in [0.1, 0.15) is 11.0 Å². The fraction of sp³-hybridized carbons (Fsp3) is 0.562. The number of fused-ring (bicyclic) bond motifs is 2. The van der Waals surface area contributed by atoms with Crippen LogP contribution in [0.5, 0.6) is 0 Å². The molecule has 3 aliphatic rings. The number of hydrogen-bond acceptors (Lipinski definition) is 10. The smallest absolute Gasteiger partial charge is 0.444 e. The summed E-state index contributed by atoms with van der Waals surface area (Å²) in [6.07, 6.45) is 0. The third kappa shape index (κ3) is 6.85. The van der Waals surface area contributed by atoms with E-state index in [0.717, 1.165) is 22.2 Å². The Balaban J connectivity index is 0.000000142. The first-order chi connectivity index (χ1) is 21.1. The largest absolute Gasteiger partial charge is 0.554 e. The van der Waals surface area contributed by atoms with Crippen LogP contribution in [0.3, 0.4) is 0 Å². The first-order valence-electron chi connectivity index (χ1n) is 15.6. The van der Waals surface area contributed by atoms with Gasteiger partial charge in [-0.25, -0.2) is 9.97 Å². The molecule has 14 heteroatoms. The molecule has 0 N–H and O–H groups in total. The van der Waals surface area contributed by atoms with Gasteiger partial charge in [-0.05, 0) is 107 Å². The average molecular weight is 697 g/mol. The molecule has 2 aromatic heterocycles. The van der Waals surface area contributed by atoms with E-state index < -0.39 is 21.1 Å². The van der Waals surface area contributed by atoms with E-state index in [1.54, 1.807) is 0 Å². The maximum Gasteiger partial charge on any atom is 0.554 e. The number of halogens is 1. The minimum atomic E-state index is -0.539. The summed E-state index contributed by atoms with van der Waals surface area (Å²) in [5.41, 5.74) is 1.08. The highest BCUT2D eigenvalue weighted by Crippen LogP contribution is 2.43. The van der Waals surface area contributed by atoms with Crippen LogP contribution in [0.15, 0.2) is 62.2 Å². The van der Waals surface area contributed by atoms with Crippen molar-refractivity contribution in [2.24, 2.45) is 0 Å². The molecule has 4 aromatic rings. The van der Waals surface area contributed by atoms with Gasteiger partial charge in [0, 0.05) is 15.9 Å². The lowest BCUT2D eigenvalue weighted by atomic mass is 9.49. The minimum Gasteiger partial charge on any atom is -0.444 e. The van der Waals surface area contributed by atoms with Crippen LogP contribution in [-0.2, 0) is 27.9 Å². The highest BCUT2D eigenvalue weighted by Gasteiger charge is 2.63. The van der Waals surface area contributed by atoms with Crippen molar-refractivity contribution in [1.82, 2.24) is 9.97 Å². The van der Waals surface area contributed by atoms with Gasteiger partial charge in [0.25, 0.3) is 4.80 Å². The van der Waals surface area contributed by atoms with E-state index in [1.165, 1.54) is 0 Å². The van der Waals surface area contributed by atoms with Gasteiger partial charge in [0.2, 0.25) is 5.79 Å². The summed E-state index contributed by atoms with van der Waals surface area (Å²) < 4.78 is 46.5. The lowest BCUT2D eigenvalue weighted by Gasteiger charge is -2.32. The highest BCUT2D eigenvalue weighted by molar-refractivity contribution is 9.10. The van der Waals surface area contributed by atoms with E-state index in [1.807, 2.05) is 132 Å². The van der Waals surface area contributed by atoms with Crippen molar-refractivity contribution in [3.8, 4) is 0 Å². The Morgan fingerprint density at radius 2 is 0.826 bits per heavy atom. The molecule has 246 valence electrons. The van der Waals surface area contributed by atoms with E-state index in [0.29, 0.717) is 10.6 Å². The molecule has 0 aliphatic carbocycles. The van der Waals surface area contributed by atoms with Crippen LogP contribution < -0.4 is 5.79 Å². The molecule has 0 amide bonds. The van der Waals surface area contributed by atoms with Gasteiger partial charge in [0.05, 0.1) is 33.6 Å². The van der Waals surface area contributed by atoms with E-state index in [-0.39, 0.29) is 33.6 Å². The van der Waals surface area contributed by atoms with E-state index >= 15 is 0 Å². The Labute approximate surface area is 281 Å². The van der Waals surface area contributed by atoms with Crippen LogP contribution in [0.1, 0.15) is 83.1 Å². The molecule has 0 spiro atoms. The van der Waals surface area contributed by atoms with Crippen molar-refractivity contribution < 1.29 is 36.8 Å². The third-order valence-electron chi connectivity index (χ3n) is 9.80. The number of aromatic nitrogens is 2. The minimum absolute atomic E-state index is 0.360. The van der Waals surface area contributed by atoms with Crippen molar-refractivity contribution >= 4 is 65.1 Å². The predicted octanol–water partition coefficient (Wildman–Crippen LogP) is 6.97. The maximum absolute atomic E-state index is 5.96. The molecule has 0 saturated carbocycles. The monoisotopic (exact) mass is 696 g/mol. The lowest BCUT2D eigenvalue weighted by molar-refractivity contribution is 0.00578. The van der Waals surface area contributed by atoms with Gasteiger partial charge in [0.15, 0.2) is 11.2 Å². The fourth-order valence-electron chi connectivity index (χ4n) is 4.78. The van der Waals surface area contributed by atoms with Gasteiger partial charge in [-0.3, -0.25) is 0 Å². The van der Waals surface area contributed by atoms with Gasteiger partial charge in [-0.15, -0.1) is 0 Å². The van der Waals surface area contributed by atoms with Crippen molar-refractivity contribution in [2.45, 2.75) is 117 Å². The van der Waals surface area contributed by atoms with Crippen LogP contribution in [-0.4, -0.2) is 64.7 Å². The van der Waals surface area contributed by atoms with Gasteiger partial charge in [-0.1, -0.05) is 24.3 Å². The first kappa shape index (κ1) is 35.1. The van der Waals surface area contributed by atoms with Crippen molar-refractivity contribution in [1.29, 1.82) is 0 Å². The molecule has 0 bridgehead atoms. The van der Waals surface area contributed by atoms with Crippen molar-refractivity contribution in [3.63, 3.8) is 0 Å². The maximum atomic E-state index is 5.96. The van der Waals surface area contributed by atoms with Crippen molar-refractivity contribution in [3.05, 3.63) is 53.3 Å². The Morgan fingerprint density at radius 3 is 1.22 bits per heavy atom. The summed E-state index contributed by atoms with van der Waals surface area (Å²) in [6.45, 7) is 24.2. The zero-order valence-electron chi connectivity index (χ0n) is 28.9. The second-order valence-electron chi connectivity index (χ2n) is 14.8. The number of para-hydroxylation sites is 4. The molecule has 0 radical (unpaired) electrons. The molecule has 5 heterocycles.